The first-order chi connectivity index (χ1) is 8.60. The molecular formula is C15H24N2O. The summed E-state index contributed by atoms with van der Waals surface area (Å²) < 4.78 is 0. The molecule has 1 aromatic rings. The summed E-state index contributed by atoms with van der Waals surface area (Å²) in [6.45, 7) is 8.56. The topological polar surface area (TPSA) is 36.4 Å². The number of hydrogen-bond acceptors (Lipinski definition) is 3. The lowest BCUT2D eigenvalue weighted by molar-refractivity contribution is 0.199. The largest absolute Gasteiger partial charge is 0.389 e. The molecule has 2 heterocycles. The molecule has 0 radical (unpaired) electrons. The summed E-state index contributed by atoms with van der Waals surface area (Å²) in [6.07, 6.45) is 5.10. The van der Waals surface area contributed by atoms with Crippen LogP contribution in [0.3, 0.4) is 0 Å². The summed E-state index contributed by atoms with van der Waals surface area (Å²) in [5.74, 6) is 1.04. The lowest BCUT2D eigenvalue weighted by Crippen LogP contribution is -2.26. The van der Waals surface area contributed by atoms with E-state index in [1.165, 1.54) is 19.3 Å². The van der Waals surface area contributed by atoms with Crippen LogP contribution in [0.1, 0.15) is 51.7 Å². The van der Waals surface area contributed by atoms with E-state index in [1.807, 2.05) is 12.1 Å². The second-order valence-electron chi connectivity index (χ2n) is 5.50. The van der Waals surface area contributed by atoms with E-state index in [0.29, 0.717) is 5.41 Å². The van der Waals surface area contributed by atoms with E-state index in [-0.39, 0.29) is 0 Å². The van der Waals surface area contributed by atoms with Gasteiger partial charge >= 0.3 is 0 Å². The first-order valence-electron chi connectivity index (χ1n) is 6.99. The van der Waals surface area contributed by atoms with Gasteiger partial charge in [-0.05, 0) is 43.2 Å². The number of anilines is 1. The van der Waals surface area contributed by atoms with Crippen molar-refractivity contribution in [2.24, 2.45) is 5.41 Å². The maximum absolute atomic E-state index is 9.49. The van der Waals surface area contributed by atoms with Crippen LogP contribution in [0.2, 0.25) is 0 Å². The third kappa shape index (κ3) is 2.51. The maximum Gasteiger partial charge on any atom is 0.128 e. The third-order valence-electron chi connectivity index (χ3n) is 4.52. The fraction of sp³-hybridized carbons (Fsp3) is 0.667. The Kier molecular flexibility index (Phi) is 3.91. The zero-order valence-corrected chi connectivity index (χ0v) is 11.7. The van der Waals surface area contributed by atoms with Gasteiger partial charge < -0.3 is 10.0 Å². The van der Waals surface area contributed by atoms with Crippen molar-refractivity contribution in [1.82, 2.24) is 4.98 Å². The second-order valence-corrected chi connectivity index (χ2v) is 5.50. The Morgan fingerprint density at radius 1 is 1.39 bits per heavy atom. The lowest BCUT2D eigenvalue weighted by atomic mass is 9.82. The minimum Gasteiger partial charge on any atom is -0.389 e. The van der Waals surface area contributed by atoms with E-state index in [2.05, 4.69) is 23.7 Å². The first kappa shape index (κ1) is 13.3. The van der Waals surface area contributed by atoms with Crippen LogP contribution in [0.5, 0.6) is 0 Å². The number of aliphatic hydroxyl groups excluding tert-OH is 1. The Bertz CT molecular complexity index is 382. The molecule has 3 heteroatoms. The normalized spacial score (nSPS) is 20.1. The molecule has 0 bridgehead atoms. The van der Waals surface area contributed by atoms with Gasteiger partial charge in [0.15, 0.2) is 0 Å². The standard InChI is InChI=1S/C15H24N2O/c1-4-15(5-2)8-9-17(11-15)14-7-6-13(10-16-14)12(3)18/h6-7,10,12,18H,4-5,8-9,11H2,1-3H3/t12-/m1/s1. The molecule has 1 saturated heterocycles. The highest BCUT2D eigenvalue weighted by molar-refractivity contribution is 5.41. The predicted octanol–water partition coefficient (Wildman–Crippen LogP) is 3.15. The highest BCUT2D eigenvalue weighted by Gasteiger charge is 2.35. The molecule has 1 atom stereocenters. The molecule has 0 saturated carbocycles. The molecule has 1 fully saturated rings. The van der Waals surface area contributed by atoms with Crippen molar-refractivity contribution in [3.8, 4) is 0 Å². The smallest absolute Gasteiger partial charge is 0.128 e. The number of nitrogens with zero attached hydrogens (tertiary/aromatic N) is 2. The van der Waals surface area contributed by atoms with Gasteiger partial charge in [0.2, 0.25) is 0 Å². The molecule has 1 aliphatic heterocycles. The van der Waals surface area contributed by atoms with E-state index in [1.54, 1.807) is 13.1 Å². The molecule has 0 aliphatic carbocycles. The van der Waals surface area contributed by atoms with Crippen LogP contribution in [-0.4, -0.2) is 23.2 Å². The van der Waals surface area contributed by atoms with Crippen LogP contribution in [0.25, 0.3) is 0 Å². The van der Waals surface area contributed by atoms with Gasteiger partial charge in [-0.2, -0.15) is 0 Å². The Balaban J connectivity index is 2.09. The molecular weight excluding hydrogens is 224 g/mol. The molecule has 0 amide bonds. The molecule has 1 N–H and O–H groups in total. The number of hydrogen-bond donors (Lipinski definition) is 1. The fourth-order valence-corrected chi connectivity index (χ4v) is 2.79. The van der Waals surface area contributed by atoms with E-state index in [4.69, 9.17) is 0 Å². The van der Waals surface area contributed by atoms with Gasteiger partial charge in [0, 0.05) is 19.3 Å². The summed E-state index contributed by atoms with van der Waals surface area (Å²) in [7, 11) is 0. The van der Waals surface area contributed by atoms with Gasteiger partial charge in [0.05, 0.1) is 6.10 Å². The van der Waals surface area contributed by atoms with E-state index in [0.717, 1.165) is 24.5 Å². The van der Waals surface area contributed by atoms with Crippen molar-refractivity contribution in [2.45, 2.75) is 46.1 Å². The predicted molar refractivity (Wildman–Crippen MR) is 74.7 cm³/mol. The molecule has 0 spiro atoms. The zero-order chi connectivity index (χ0) is 13.2. The van der Waals surface area contributed by atoms with Gasteiger partial charge in [-0.3, -0.25) is 0 Å². The molecule has 0 unspecified atom stereocenters. The number of pyridine rings is 1. The average molecular weight is 248 g/mol. The Morgan fingerprint density at radius 3 is 2.56 bits per heavy atom. The summed E-state index contributed by atoms with van der Waals surface area (Å²) in [5.41, 5.74) is 1.36. The minimum atomic E-state index is -0.435. The molecule has 1 aliphatic rings. The summed E-state index contributed by atoms with van der Waals surface area (Å²) in [5, 5.41) is 9.49. The fourth-order valence-electron chi connectivity index (χ4n) is 2.79. The molecule has 18 heavy (non-hydrogen) atoms. The monoisotopic (exact) mass is 248 g/mol. The van der Waals surface area contributed by atoms with Crippen LogP contribution < -0.4 is 4.90 Å². The quantitative estimate of drug-likeness (QED) is 0.889. The first-order valence-corrected chi connectivity index (χ1v) is 6.99. The Hall–Kier alpha value is -1.09. The molecule has 1 aromatic heterocycles. The van der Waals surface area contributed by atoms with E-state index >= 15 is 0 Å². The number of rotatable bonds is 4. The SMILES string of the molecule is CCC1(CC)CCN(c2ccc([C@@H](C)O)cn2)C1. The Labute approximate surface area is 110 Å². The van der Waals surface area contributed by atoms with Gasteiger partial charge in [0.25, 0.3) is 0 Å². The van der Waals surface area contributed by atoms with Crippen molar-refractivity contribution in [3.63, 3.8) is 0 Å². The van der Waals surface area contributed by atoms with Crippen LogP contribution in [0.4, 0.5) is 5.82 Å². The van der Waals surface area contributed by atoms with Crippen LogP contribution in [0, 0.1) is 5.41 Å². The highest BCUT2D eigenvalue weighted by Crippen LogP contribution is 2.38. The van der Waals surface area contributed by atoms with Crippen molar-refractivity contribution in [3.05, 3.63) is 23.9 Å². The van der Waals surface area contributed by atoms with Crippen LogP contribution in [0.15, 0.2) is 18.3 Å². The van der Waals surface area contributed by atoms with E-state index < -0.39 is 6.10 Å². The van der Waals surface area contributed by atoms with E-state index in [9.17, 15) is 5.11 Å². The highest BCUT2D eigenvalue weighted by atomic mass is 16.3. The number of aromatic nitrogens is 1. The van der Waals surface area contributed by atoms with Gasteiger partial charge in [-0.1, -0.05) is 19.9 Å². The molecule has 2 rings (SSSR count). The van der Waals surface area contributed by atoms with Gasteiger partial charge in [0.1, 0.15) is 5.82 Å². The van der Waals surface area contributed by atoms with Crippen molar-refractivity contribution in [1.29, 1.82) is 0 Å². The van der Waals surface area contributed by atoms with Gasteiger partial charge in [-0.25, -0.2) is 4.98 Å². The Morgan fingerprint density at radius 2 is 2.11 bits per heavy atom. The van der Waals surface area contributed by atoms with Gasteiger partial charge in [-0.15, -0.1) is 0 Å². The second kappa shape index (κ2) is 5.27. The average Bonchev–Trinajstić information content (AvgIpc) is 2.84. The zero-order valence-electron chi connectivity index (χ0n) is 11.7. The number of aliphatic hydroxyl groups is 1. The molecule has 3 nitrogen and oxygen atoms in total. The van der Waals surface area contributed by atoms with Crippen molar-refractivity contribution < 1.29 is 5.11 Å². The minimum absolute atomic E-state index is 0.435. The molecule has 100 valence electrons. The summed E-state index contributed by atoms with van der Waals surface area (Å²) in [6, 6.07) is 4.01. The lowest BCUT2D eigenvalue weighted by Gasteiger charge is -2.26. The third-order valence-corrected chi connectivity index (χ3v) is 4.52. The van der Waals surface area contributed by atoms with Crippen LogP contribution >= 0.6 is 0 Å². The van der Waals surface area contributed by atoms with Crippen molar-refractivity contribution >= 4 is 5.82 Å². The molecule has 0 aromatic carbocycles. The maximum atomic E-state index is 9.49. The van der Waals surface area contributed by atoms with Crippen molar-refractivity contribution in [2.75, 3.05) is 18.0 Å². The summed E-state index contributed by atoms with van der Waals surface area (Å²) in [4.78, 5) is 6.86. The summed E-state index contributed by atoms with van der Waals surface area (Å²) >= 11 is 0. The van der Waals surface area contributed by atoms with Crippen LogP contribution in [-0.2, 0) is 0 Å².